The second kappa shape index (κ2) is 7.80. The average Bonchev–Trinajstić information content (AvgIpc) is 2.55. The highest BCUT2D eigenvalue weighted by Gasteiger charge is 2.22. The second-order valence-electron chi connectivity index (χ2n) is 6.42. The van der Waals surface area contributed by atoms with E-state index in [2.05, 4.69) is 23.9 Å². The van der Waals surface area contributed by atoms with Crippen LogP contribution in [0.1, 0.15) is 37.8 Å². The smallest absolute Gasteiger partial charge is 0.242 e. The summed E-state index contributed by atoms with van der Waals surface area (Å²) in [6.07, 6.45) is 0. The number of rotatable bonds is 6. The molecule has 0 radical (unpaired) electrons. The quantitative estimate of drug-likeness (QED) is 0.829. The highest BCUT2D eigenvalue weighted by Crippen LogP contribution is 2.17. The number of sulfonamides is 1. The van der Waals surface area contributed by atoms with E-state index >= 15 is 0 Å². The molecule has 0 fully saturated rings. The van der Waals surface area contributed by atoms with Crippen molar-refractivity contribution in [1.82, 2.24) is 4.72 Å². The Kier molecular flexibility index (Phi) is 5.98. The number of carbonyl (C=O) groups excluding carboxylic acids is 1. The van der Waals surface area contributed by atoms with Crippen molar-refractivity contribution in [2.75, 3.05) is 5.32 Å². The largest absolute Gasteiger partial charge is 0.325 e. The standard InChI is InChI=1S/C19H24N2O3S/c1-13(2)16-7-9-17(10-8-16)20-19(22)15(4)21-25(23,24)18-11-5-14(3)6-12-18/h5-13,15,21H,1-4H3,(H,20,22)/t15-/m0/s1. The summed E-state index contributed by atoms with van der Waals surface area (Å²) >= 11 is 0. The first-order valence-corrected chi connectivity index (χ1v) is 9.67. The van der Waals surface area contributed by atoms with E-state index < -0.39 is 22.0 Å². The van der Waals surface area contributed by atoms with Gasteiger partial charge < -0.3 is 5.32 Å². The number of carbonyl (C=O) groups is 1. The topological polar surface area (TPSA) is 75.3 Å². The number of benzene rings is 2. The van der Waals surface area contributed by atoms with Crippen LogP contribution in [0.15, 0.2) is 53.4 Å². The number of hydrogen-bond donors (Lipinski definition) is 2. The first-order valence-electron chi connectivity index (χ1n) is 8.19. The van der Waals surface area contributed by atoms with Crippen LogP contribution in [-0.2, 0) is 14.8 Å². The van der Waals surface area contributed by atoms with Gasteiger partial charge in [-0.3, -0.25) is 4.79 Å². The molecule has 0 aromatic heterocycles. The van der Waals surface area contributed by atoms with Crippen LogP contribution < -0.4 is 10.0 Å². The molecular weight excluding hydrogens is 336 g/mol. The third-order valence-electron chi connectivity index (χ3n) is 3.90. The molecule has 0 bridgehead atoms. The maximum atomic E-state index is 12.3. The highest BCUT2D eigenvalue weighted by molar-refractivity contribution is 7.89. The van der Waals surface area contributed by atoms with Crippen LogP contribution >= 0.6 is 0 Å². The Morgan fingerprint density at radius 3 is 2.00 bits per heavy atom. The Labute approximate surface area is 149 Å². The summed E-state index contributed by atoms with van der Waals surface area (Å²) < 4.78 is 27.1. The third-order valence-corrected chi connectivity index (χ3v) is 5.46. The molecular formula is C19H24N2O3S. The van der Waals surface area contributed by atoms with Gasteiger partial charge in [0.1, 0.15) is 0 Å². The van der Waals surface area contributed by atoms with Crippen molar-refractivity contribution in [3.8, 4) is 0 Å². The van der Waals surface area contributed by atoms with Gasteiger partial charge in [-0.15, -0.1) is 0 Å². The molecule has 0 saturated carbocycles. The van der Waals surface area contributed by atoms with Crippen LogP contribution in [-0.4, -0.2) is 20.4 Å². The number of nitrogens with one attached hydrogen (secondary N) is 2. The first kappa shape index (κ1) is 19.1. The summed E-state index contributed by atoms with van der Waals surface area (Å²) in [7, 11) is -3.74. The normalized spacial score (nSPS) is 12.8. The van der Waals surface area contributed by atoms with Gasteiger partial charge in [-0.25, -0.2) is 8.42 Å². The fourth-order valence-corrected chi connectivity index (χ4v) is 3.48. The molecule has 1 atom stereocenters. The average molecular weight is 360 g/mol. The van der Waals surface area contributed by atoms with Crippen molar-refractivity contribution < 1.29 is 13.2 Å². The van der Waals surface area contributed by atoms with E-state index in [1.165, 1.54) is 24.6 Å². The molecule has 0 heterocycles. The molecule has 0 aliphatic heterocycles. The molecule has 0 aliphatic carbocycles. The minimum Gasteiger partial charge on any atom is -0.325 e. The van der Waals surface area contributed by atoms with Crippen LogP contribution in [0.4, 0.5) is 5.69 Å². The van der Waals surface area contributed by atoms with Crippen LogP contribution in [0, 0.1) is 6.92 Å². The Hall–Kier alpha value is -2.18. The Morgan fingerprint density at radius 2 is 1.48 bits per heavy atom. The lowest BCUT2D eigenvalue weighted by molar-refractivity contribution is -0.117. The minimum absolute atomic E-state index is 0.138. The van der Waals surface area contributed by atoms with Crippen LogP contribution in [0.5, 0.6) is 0 Å². The van der Waals surface area contributed by atoms with E-state index in [1.54, 1.807) is 12.1 Å². The van der Waals surface area contributed by atoms with Gasteiger partial charge in [0.2, 0.25) is 15.9 Å². The fourth-order valence-electron chi connectivity index (χ4n) is 2.27. The van der Waals surface area contributed by atoms with E-state index in [9.17, 15) is 13.2 Å². The number of amides is 1. The molecule has 0 spiro atoms. The van der Waals surface area contributed by atoms with E-state index in [1.807, 2.05) is 31.2 Å². The Morgan fingerprint density at radius 1 is 0.920 bits per heavy atom. The summed E-state index contributed by atoms with van der Waals surface area (Å²) in [5.74, 6) is -0.00187. The lowest BCUT2D eigenvalue weighted by atomic mass is 10.0. The second-order valence-corrected chi connectivity index (χ2v) is 8.14. The summed E-state index contributed by atoms with van der Waals surface area (Å²) in [6, 6.07) is 13.1. The highest BCUT2D eigenvalue weighted by atomic mass is 32.2. The third kappa shape index (κ3) is 5.14. The van der Waals surface area contributed by atoms with E-state index in [0.717, 1.165) is 5.56 Å². The fraction of sp³-hybridized carbons (Fsp3) is 0.316. The monoisotopic (exact) mass is 360 g/mol. The molecule has 0 saturated heterocycles. The molecule has 2 rings (SSSR count). The molecule has 6 heteroatoms. The maximum Gasteiger partial charge on any atom is 0.242 e. The van der Waals surface area contributed by atoms with Gasteiger partial charge in [0, 0.05) is 5.69 Å². The van der Waals surface area contributed by atoms with Crippen LogP contribution in [0.25, 0.3) is 0 Å². The molecule has 5 nitrogen and oxygen atoms in total. The molecule has 0 unspecified atom stereocenters. The van der Waals surface area contributed by atoms with Crippen molar-refractivity contribution in [3.63, 3.8) is 0 Å². The molecule has 25 heavy (non-hydrogen) atoms. The Bertz CT molecular complexity index is 826. The van der Waals surface area contributed by atoms with Gasteiger partial charge in [0.15, 0.2) is 0 Å². The predicted octanol–water partition coefficient (Wildman–Crippen LogP) is 3.42. The zero-order valence-electron chi connectivity index (χ0n) is 14.9. The summed E-state index contributed by atoms with van der Waals surface area (Å²) in [5.41, 5.74) is 2.77. The van der Waals surface area contributed by atoms with E-state index in [-0.39, 0.29) is 4.90 Å². The van der Waals surface area contributed by atoms with Crippen molar-refractivity contribution >= 4 is 21.6 Å². The van der Waals surface area contributed by atoms with Crippen molar-refractivity contribution in [1.29, 1.82) is 0 Å². The van der Waals surface area contributed by atoms with Crippen molar-refractivity contribution in [3.05, 3.63) is 59.7 Å². The van der Waals surface area contributed by atoms with Gasteiger partial charge >= 0.3 is 0 Å². The molecule has 2 aromatic carbocycles. The van der Waals surface area contributed by atoms with E-state index in [4.69, 9.17) is 0 Å². The maximum absolute atomic E-state index is 12.3. The molecule has 0 aliphatic rings. The molecule has 134 valence electrons. The number of aryl methyl sites for hydroxylation is 1. The lowest BCUT2D eigenvalue weighted by Crippen LogP contribution is -2.41. The van der Waals surface area contributed by atoms with Crippen molar-refractivity contribution in [2.24, 2.45) is 0 Å². The zero-order valence-corrected chi connectivity index (χ0v) is 15.7. The number of anilines is 1. The van der Waals surface area contributed by atoms with E-state index in [0.29, 0.717) is 11.6 Å². The summed E-state index contributed by atoms with van der Waals surface area (Å²) in [5, 5.41) is 2.73. The van der Waals surface area contributed by atoms with Gasteiger partial charge in [-0.2, -0.15) is 4.72 Å². The van der Waals surface area contributed by atoms with Crippen LogP contribution in [0.2, 0.25) is 0 Å². The summed E-state index contributed by atoms with van der Waals surface area (Å²) in [4.78, 5) is 12.4. The minimum atomic E-state index is -3.74. The Balaban J connectivity index is 2.03. The van der Waals surface area contributed by atoms with Crippen LogP contribution in [0.3, 0.4) is 0 Å². The van der Waals surface area contributed by atoms with Gasteiger partial charge in [-0.05, 0) is 49.6 Å². The predicted molar refractivity (Wildman–Crippen MR) is 100 cm³/mol. The molecule has 2 N–H and O–H groups in total. The SMILES string of the molecule is Cc1ccc(S(=O)(=O)N[C@@H](C)C(=O)Nc2ccc(C(C)C)cc2)cc1. The van der Waals surface area contributed by atoms with Gasteiger partial charge in [-0.1, -0.05) is 43.7 Å². The van der Waals surface area contributed by atoms with Gasteiger partial charge in [0.25, 0.3) is 0 Å². The first-order chi connectivity index (χ1) is 11.7. The molecule has 1 amide bonds. The van der Waals surface area contributed by atoms with Crippen molar-refractivity contribution in [2.45, 2.75) is 44.6 Å². The number of hydrogen-bond acceptors (Lipinski definition) is 3. The molecule has 2 aromatic rings. The summed E-state index contributed by atoms with van der Waals surface area (Å²) in [6.45, 7) is 7.58. The van der Waals surface area contributed by atoms with Gasteiger partial charge in [0.05, 0.1) is 10.9 Å². The zero-order chi connectivity index (χ0) is 18.6. The lowest BCUT2D eigenvalue weighted by Gasteiger charge is -2.15.